The third-order valence-electron chi connectivity index (χ3n) is 6.70. The van der Waals surface area contributed by atoms with E-state index in [1.807, 2.05) is 57.2 Å². The zero-order chi connectivity index (χ0) is 28.4. The number of anilines is 1. The maximum Gasteiger partial charge on any atom is 0.410 e. The quantitative estimate of drug-likeness (QED) is 0.388. The normalized spacial score (nSPS) is 15.4. The Balaban J connectivity index is 1.44. The molecule has 8 heteroatoms. The molecular weight excluding hydrogens is 496 g/mol. The molecule has 0 aliphatic carbocycles. The molecule has 1 saturated heterocycles. The molecule has 0 aromatic heterocycles. The zero-order valence-corrected chi connectivity index (χ0v) is 23.9. The number of nitrogens with one attached hydrogen (secondary N) is 1. The van der Waals surface area contributed by atoms with Gasteiger partial charge in [-0.1, -0.05) is 18.2 Å². The Labute approximate surface area is 232 Å². The van der Waals surface area contributed by atoms with Crippen molar-refractivity contribution in [2.75, 3.05) is 32.6 Å². The Bertz CT molecular complexity index is 1140. The molecule has 1 unspecified atom stereocenters. The van der Waals surface area contributed by atoms with Crippen LogP contribution in [-0.2, 0) is 27.2 Å². The second-order valence-electron chi connectivity index (χ2n) is 11.1. The van der Waals surface area contributed by atoms with Gasteiger partial charge >= 0.3 is 6.09 Å². The molecule has 1 aliphatic rings. The van der Waals surface area contributed by atoms with Crippen molar-refractivity contribution in [2.24, 2.45) is 5.92 Å². The second kappa shape index (κ2) is 14.0. The van der Waals surface area contributed by atoms with Crippen molar-refractivity contribution in [1.29, 1.82) is 0 Å². The predicted octanol–water partition coefficient (Wildman–Crippen LogP) is 5.81. The number of methoxy groups -OCH3 is 2. The first-order chi connectivity index (χ1) is 18.6. The molecule has 0 radical (unpaired) electrons. The molecule has 212 valence electrons. The third-order valence-corrected chi connectivity index (χ3v) is 6.70. The van der Waals surface area contributed by atoms with Crippen molar-refractivity contribution in [3.63, 3.8) is 0 Å². The van der Waals surface area contributed by atoms with Crippen molar-refractivity contribution in [1.82, 2.24) is 4.90 Å². The van der Waals surface area contributed by atoms with Crippen molar-refractivity contribution < 1.29 is 28.6 Å². The Morgan fingerprint density at radius 3 is 2.46 bits per heavy atom. The Hall–Kier alpha value is -3.55. The molecule has 2 aromatic carbocycles. The average Bonchev–Trinajstić information content (AvgIpc) is 2.90. The number of benzene rings is 2. The number of ether oxygens (including phenoxy) is 3. The molecule has 8 nitrogen and oxygen atoms in total. The maximum atomic E-state index is 12.6. The van der Waals surface area contributed by atoms with E-state index in [9.17, 15) is 14.4 Å². The summed E-state index contributed by atoms with van der Waals surface area (Å²) in [6, 6.07) is 13.1. The number of aryl methyl sites for hydroxylation is 1. The second-order valence-corrected chi connectivity index (χ2v) is 11.1. The minimum Gasteiger partial charge on any atom is -0.493 e. The maximum absolute atomic E-state index is 12.6. The summed E-state index contributed by atoms with van der Waals surface area (Å²) in [5, 5.41) is 2.98. The van der Waals surface area contributed by atoms with E-state index in [2.05, 4.69) is 5.32 Å². The molecule has 1 fully saturated rings. The van der Waals surface area contributed by atoms with Gasteiger partial charge in [-0.2, -0.15) is 0 Å². The van der Waals surface area contributed by atoms with Crippen LogP contribution in [0, 0.1) is 5.92 Å². The minimum atomic E-state index is -0.517. The van der Waals surface area contributed by atoms with Gasteiger partial charge in [0.2, 0.25) is 5.91 Å². The molecule has 1 N–H and O–H groups in total. The summed E-state index contributed by atoms with van der Waals surface area (Å²) in [5.74, 6) is 1.60. The lowest BCUT2D eigenvalue weighted by atomic mass is 9.93. The summed E-state index contributed by atoms with van der Waals surface area (Å²) in [4.78, 5) is 39.4. The number of piperidine rings is 1. The molecule has 1 aliphatic heterocycles. The van der Waals surface area contributed by atoms with Gasteiger partial charge in [-0.3, -0.25) is 9.59 Å². The van der Waals surface area contributed by atoms with Gasteiger partial charge < -0.3 is 24.4 Å². The molecule has 1 heterocycles. The Morgan fingerprint density at radius 2 is 1.74 bits per heavy atom. The highest BCUT2D eigenvalue weighted by Gasteiger charge is 2.27. The zero-order valence-electron chi connectivity index (χ0n) is 23.9. The van der Waals surface area contributed by atoms with Crippen LogP contribution in [0.2, 0.25) is 0 Å². The molecule has 3 rings (SSSR count). The van der Waals surface area contributed by atoms with Crippen LogP contribution in [0.5, 0.6) is 11.5 Å². The number of rotatable bonds is 11. The number of likely N-dealkylation sites (tertiary alicyclic amines) is 1. The number of ketones is 1. The van der Waals surface area contributed by atoms with Gasteiger partial charge in [-0.05, 0) is 87.8 Å². The van der Waals surface area contributed by atoms with Crippen molar-refractivity contribution in [3.05, 3.63) is 53.6 Å². The van der Waals surface area contributed by atoms with Crippen LogP contribution in [0.1, 0.15) is 64.0 Å². The van der Waals surface area contributed by atoms with Gasteiger partial charge in [0.1, 0.15) is 11.4 Å². The van der Waals surface area contributed by atoms with Crippen LogP contribution in [0.15, 0.2) is 42.5 Å². The van der Waals surface area contributed by atoms with Crippen LogP contribution in [-0.4, -0.2) is 55.6 Å². The number of hydrogen-bond acceptors (Lipinski definition) is 6. The Morgan fingerprint density at radius 1 is 0.974 bits per heavy atom. The highest BCUT2D eigenvalue weighted by Crippen LogP contribution is 2.28. The summed E-state index contributed by atoms with van der Waals surface area (Å²) in [6.07, 6.45) is 4.06. The monoisotopic (exact) mass is 538 g/mol. The molecule has 0 saturated carbocycles. The molecule has 0 bridgehead atoms. The van der Waals surface area contributed by atoms with E-state index < -0.39 is 5.60 Å². The van der Waals surface area contributed by atoms with E-state index in [0.717, 1.165) is 36.1 Å². The molecule has 2 aromatic rings. The summed E-state index contributed by atoms with van der Waals surface area (Å²) >= 11 is 0. The number of nitrogens with zero attached hydrogens (tertiary/aromatic N) is 1. The van der Waals surface area contributed by atoms with Crippen molar-refractivity contribution >= 4 is 23.5 Å². The Kier molecular flexibility index (Phi) is 10.8. The number of amides is 2. The first kappa shape index (κ1) is 30.0. The fraction of sp³-hybridized carbons (Fsp3) is 0.516. The third kappa shape index (κ3) is 9.93. The molecule has 39 heavy (non-hydrogen) atoms. The fourth-order valence-corrected chi connectivity index (χ4v) is 4.75. The topological polar surface area (TPSA) is 94.2 Å². The summed E-state index contributed by atoms with van der Waals surface area (Å²) < 4.78 is 16.1. The van der Waals surface area contributed by atoms with E-state index in [1.165, 1.54) is 0 Å². The number of hydrogen-bond donors (Lipinski definition) is 1. The number of carbonyl (C=O) groups is 3. The fourth-order valence-electron chi connectivity index (χ4n) is 4.75. The van der Waals surface area contributed by atoms with Gasteiger partial charge in [-0.25, -0.2) is 4.79 Å². The van der Waals surface area contributed by atoms with Gasteiger partial charge in [0.05, 0.1) is 14.2 Å². The van der Waals surface area contributed by atoms with Gasteiger partial charge in [0.15, 0.2) is 11.5 Å². The van der Waals surface area contributed by atoms with Gasteiger partial charge in [0, 0.05) is 38.0 Å². The van der Waals surface area contributed by atoms with E-state index in [0.29, 0.717) is 50.3 Å². The highest BCUT2D eigenvalue weighted by molar-refractivity contribution is 5.90. The van der Waals surface area contributed by atoms with Gasteiger partial charge in [-0.15, -0.1) is 0 Å². The lowest BCUT2D eigenvalue weighted by Gasteiger charge is -2.34. The SMILES string of the molecule is COc1ccc(CC(=O)CCc2cccc(NC(=O)CCC3CCCN(C(=O)OC(C)(C)C)C3)c2)cc1OC. The smallest absolute Gasteiger partial charge is 0.410 e. The largest absolute Gasteiger partial charge is 0.493 e. The summed E-state index contributed by atoms with van der Waals surface area (Å²) in [6.45, 7) is 6.91. The van der Waals surface area contributed by atoms with Crippen molar-refractivity contribution in [2.45, 2.75) is 71.3 Å². The predicted molar refractivity (Wildman–Crippen MR) is 151 cm³/mol. The van der Waals surface area contributed by atoms with E-state index >= 15 is 0 Å². The summed E-state index contributed by atoms with van der Waals surface area (Å²) in [7, 11) is 3.16. The van der Waals surface area contributed by atoms with E-state index in [4.69, 9.17) is 14.2 Å². The van der Waals surface area contributed by atoms with Crippen LogP contribution in [0.25, 0.3) is 0 Å². The highest BCUT2D eigenvalue weighted by atomic mass is 16.6. The van der Waals surface area contributed by atoms with Crippen molar-refractivity contribution in [3.8, 4) is 11.5 Å². The van der Waals surface area contributed by atoms with E-state index in [-0.39, 0.29) is 23.7 Å². The summed E-state index contributed by atoms with van der Waals surface area (Å²) in [5.41, 5.74) is 2.08. The van der Waals surface area contributed by atoms with Crippen LogP contribution >= 0.6 is 0 Å². The average molecular weight is 539 g/mol. The number of Topliss-reactive ketones (excluding diaryl/α,β-unsaturated/α-hetero) is 1. The van der Waals surface area contributed by atoms with E-state index in [1.54, 1.807) is 25.2 Å². The standard InChI is InChI=1S/C31H42N2O6/c1-31(2,3)39-30(36)33-17-7-9-23(21-33)13-16-29(35)32-25-10-6-8-22(18-25)11-14-26(34)19-24-12-15-27(37-4)28(20-24)38-5/h6,8,10,12,15,18,20,23H,7,9,11,13-14,16-17,19,21H2,1-5H3,(H,32,35). The molecule has 2 amide bonds. The lowest BCUT2D eigenvalue weighted by Crippen LogP contribution is -2.43. The lowest BCUT2D eigenvalue weighted by molar-refractivity contribution is -0.118. The van der Waals surface area contributed by atoms with Crippen LogP contribution < -0.4 is 14.8 Å². The molecule has 1 atom stereocenters. The van der Waals surface area contributed by atoms with Gasteiger partial charge in [0.25, 0.3) is 0 Å². The molecule has 0 spiro atoms. The van der Waals surface area contributed by atoms with Crippen LogP contribution in [0.3, 0.4) is 0 Å². The molecular formula is C31H42N2O6. The first-order valence-corrected chi connectivity index (χ1v) is 13.7. The minimum absolute atomic E-state index is 0.0499. The first-order valence-electron chi connectivity index (χ1n) is 13.7. The van der Waals surface area contributed by atoms with Crippen LogP contribution in [0.4, 0.5) is 10.5 Å². The number of carbonyl (C=O) groups excluding carboxylic acids is 3.